The van der Waals surface area contributed by atoms with E-state index >= 15 is 0 Å². The lowest BCUT2D eigenvalue weighted by molar-refractivity contribution is -0.757. The van der Waals surface area contributed by atoms with Crippen LogP contribution in [-0.2, 0) is 11.3 Å². The molecule has 0 saturated carbocycles. The van der Waals surface area contributed by atoms with Gasteiger partial charge in [-0.15, -0.1) is 22.5 Å². The molecule has 0 amide bonds. The predicted octanol–water partition coefficient (Wildman–Crippen LogP) is 2.18. The second-order valence-electron chi connectivity index (χ2n) is 4.22. The molecular weight excluding hydrogens is 328 g/mol. The Morgan fingerprint density at radius 2 is 2.00 bits per heavy atom. The van der Waals surface area contributed by atoms with Gasteiger partial charge in [0.25, 0.3) is 5.09 Å². The van der Waals surface area contributed by atoms with Crippen LogP contribution in [0.25, 0.3) is 0 Å². The summed E-state index contributed by atoms with van der Waals surface area (Å²) < 4.78 is 5.03. The summed E-state index contributed by atoms with van der Waals surface area (Å²) in [6, 6.07) is 9.07. The van der Waals surface area contributed by atoms with Crippen molar-refractivity contribution < 1.29 is 24.6 Å². The van der Waals surface area contributed by atoms with Crippen molar-refractivity contribution in [3.8, 4) is 11.6 Å². The molecule has 0 aliphatic rings. The van der Waals surface area contributed by atoms with Gasteiger partial charge in [-0.1, -0.05) is 18.2 Å². The number of halogens is 1. The standard InChI is InChI=1S/C14H12N2O6.ClH/c17-12-4-2-1-3-11(12)14(18)22-13-6-5-10(9-15-13)7-8-21-16(19)20;/h1-6,9,17H,7-8H2;1H. The van der Waals surface area contributed by atoms with Crippen LogP contribution in [0.2, 0.25) is 0 Å². The number of benzene rings is 1. The highest BCUT2D eigenvalue weighted by molar-refractivity contribution is 5.93. The molecule has 0 aliphatic carbocycles. The highest BCUT2D eigenvalue weighted by atomic mass is 35.5. The molecule has 23 heavy (non-hydrogen) atoms. The lowest BCUT2D eigenvalue weighted by Gasteiger charge is -2.05. The molecule has 1 N–H and O–H groups in total. The number of hydrogen-bond donors (Lipinski definition) is 1. The fraction of sp³-hybridized carbons (Fsp3) is 0.143. The molecule has 0 spiro atoms. The zero-order chi connectivity index (χ0) is 15.9. The topological polar surface area (TPSA) is 112 Å². The zero-order valence-corrected chi connectivity index (χ0v) is 12.6. The Hall–Kier alpha value is -2.87. The maximum atomic E-state index is 11.8. The molecule has 1 aromatic carbocycles. The summed E-state index contributed by atoms with van der Waals surface area (Å²) >= 11 is 0. The monoisotopic (exact) mass is 340 g/mol. The summed E-state index contributed by atoms with van der Waals surface area (Å²) in [6.07, 6.45) is 1.73. The van der Waals surface area contributed by atoms with Gasteiger partial charge < -0.3 is 14.7 Å². The lowest BCUT2D eigenvalue weighted by atomic mass is 10.2. The smallest absolute Gasteiger partial charge is 0.348 e. The van der Waals surface area contributed by atoms with Gasteiger partial charge >= 0.3 is 5.97 Å². The van der Waals surface area contributed by atoms with Gasteiger partial charge in [-0.3, -0.25) is 0 Å². The van der Waals surface area contributed by atoms with Crippen molar-refractivity contribution in [1.29, 1.82) is 0 Å². The average molecular weight is 341 g/mol. The van der Waals surface area contributed by atoms with E-state index in [-0.39, 0.29) is 36.2 Å². The molecule has 0 fully saturated rings. The van der Waals surface area contributed by atoms with Gasteiger partial charge in [0.2, 0.25) is 5.88 Å². The van der Waals surface area contributed by atoms with Crippen molar-refractivity contribution in [1.82, 2.24) is 4.98 Å². The third kappa shape index (κ3) is 5.44. The Morgan fingerprint density at radius 1 is 1.26 bits per heavy atom. The van der Waals surface area contributed by atoms with Crippen molar-refractivity contribution in [3.05, 3.63) is 63.8 Å². The summed E-state index contributed by atoms with van der Waals surface area (Å²) in [7, 11) is 0. The van der Waals surface area contributed by atoms with Gasteiger partial charge in [-0.25, -0.2) is 9.78 Å². The van der Waals surface area contributed by atoms with Crippen LogP contribution in [-0.4, -0.2) is 27.8 Å². The molecule has 0 aliphatic heterocycles. The average Bonchev–Trinajstić information content (AvgIpc) is 2.49. The van der Waals surface area contributed by atoms with E-state index < -0.39 is 11.1 Å². The number of carbonyl (C=O) groups is 1. The maximum absolute atomic E-state index is 11.8. The number of hydrogen-bond acceptors (Lipinski definition) is 7. The van der Waals surface area contributed by atoms with E-state index in [1.807, 2.05) is 0 Å². The number of pyridine rings is 1. The Balaban J connectivity index is 0.00000264. The first-order chi connectivity index (χ1) is 10.6. The highest BCUT2D eigenvalue weighted by Crippen LogP contribution is 2.18. The van der Waals surface area contributed by atoms with Crippen molar-refractivity contribution in [2.75, 3.05) is 6.61 Å². The molecule has 0 atom stereocenters. The molecule has 1 aromatic heterocycles. The SMILES string of the molecule is Cl.O=C(Oc1ccc(CCO[N+](=O)[O-])cn1)c1ccccc1O. The number of aromatic nitrogens is 1. The first kappa shape index (κ1) is 18.2. The Labute approximate surface area is 137 Å². The van der Waals surface area contributed by atoms with Crippen LogP contribution in [0.4, 0.5) is 0 Å². The van der Waals surface area contributed by atoms with Crippen LogP contribution < -0.4 is 4.74 Å². The number of ether oxygens (including phenoxy) is 1. The molecule has 0 unspecified atom stereocenters. The summed E-state index contributed by atoms with van der Waals surface area (Å²) in [5, 5.41) is 18.7. The van der Waals surface area contributed by atoms with E-state index in [1.165, 1.54) is 24.4 Å². The summed E-state index contributed by atoms with van der Waals surface area (Å²) in [5.74, 6) is -0.844. The number of carbonyl (C=O) groups excluding carboxylic acids is 1. The van der Waals surface area contributed by atoms with Crippen LogP contribution in [0.5, 0.6) is 11.6 Å². The quantitative estimate of drug-likeness (QED) is 0.487. The minimum absolute atomic E-state index is 0. The van der Waals surface area contributed by atoms with E-state index in [0.29, 0.717) is 12.0 Å². The van der Waals surface area contributed by atoms with Gasteiger partial charge in [-0.2, -0.15) is 0 Å². The van der Waals surface area contributed by atoms with E-state index in [0.717, 1.165) is 0 Å². The van der Waals surface area contributed by atoms with Crippen LogP contribution in [0, 0.1) is 10.1 Å². The van der Waals surface area contributed by atoms with Gasteiger partial charge in [0.1, 0.15) is 17.9 Å². The minimum Gasteiger partial charge on any atom is -0.507 e. The molecule has 0 radical (unpaired) electrons. The summed E-state index contributed by atoms with van der Waals surface area (Å²) in [6.45, 7) is -0.0777. The van der Waals surface area contributed by atoms with Crippen molar-refractivity contribution in [2.45, 2.75) is 6.42 Å². The van der Waals surface area contributed by atoms with Gasteiger partial charge in [0.05, 0.1) is 0 Å². The second kappa shape index (κ2) is 8.54. The molecule has 122 valence electrons. The molecule has 0 saturated heterocycles. The third-order valence-corrected chi connectivity index (χ3v) is 2.71. The third-order valence-electron chi connectivity index (χ3n) is 2.71. The Bertz CT molecular complexity index is 677. The first-order valence-electron chi connectivity index (χ1n) is 6.28. The number of para-hydroxylation sites is 1. The number of aromatic hydroxyl groups is 1. The fourth-order valence-electron chi connectivity index (χ4n) is 1.65. The van der Waals surface area contributed by atoms with E-state index in [1.54, 1.807) is 18.2 Å². The number of esters is 1. The van der Waals surface area contributed by atoms with Crippen molar-refractivity contribution in [2.24, 2.45) is 0 Å². The lowest BCUT2D eigenvalue weighted by Crippen LogP contribution is -2.10. The van der Waals surface area contributed by atoms with Crippen LogP contribution in [0.3, 0.4) is 0 Å². The van der Waals surface area contributed by atoms with Gasteiger partial charge in [-0.05, 0) is 24.1 Å². The van der Waals surface area contributed by atoms with E-state index in [4.69, 9.17) is 4.74 Å². The Morgan fingerprint density at radius 3 is 2.61 bits per heavy atom. The Kier molecular flexibility index (Phi) is 6.75. The molecule has 9 heteroatoms. The fourth-order valence-corrected chi connectivity index (χ4v) is 1.65. The molecule has 1 heterocycles. The molecule has 2 aromatic rings. The van der Waals surface area contributed by atoms with Crippen LogP contribution in [0.15, 0.2) is 42.6 Å². The maximum Gasteiger partial charge on any atom is 0.348 e. The summed E-state index contributed by atoms with van der Waals surface area (Å²) in [5.41, 5.74) is 0.733. The van der Waals surface area contributed by atoms with Crippen molar-refractivity contribution in [3.63, 3.8) is 0 Å². The molecular formula is C14H13ClN2O6. The number of rotatable bonds is 6. The van der Waals surface area contributed by atoms with Gasteiger partial charge in [0.15, 0.2) is 0 Å². The van der Waals surface area contributed by atoms with Gasteiger partial charge in [0, 0.05) is 12.3 Å². The number of nitrogens with zero attached hydrogens (tertiary/aromatic N) is 2. The number of phenols is 1. The predicted molar refractivity (Wildman–Crippen MR) is 81.2 cm³/mol. The molecule has 2 rings (SSSR count). The highest BCUT2D eigenvalue weighted by Gasteiger charge is 2.13. The second-order valence-corrected chi connectivity index (χ2v) is 4.22. The first-order valence-corrected chi connectivity index (χ1v) is 6.28. The van der Waals surface area contributed by atoms with E-state index in [2.05, 4.69) is 9.82 Å². The zero-order valence-electron chi connectivity index (χ0n) is 11.7. The number of phenolic OH excluding ortho intramolecular Hbond substituents is 1. The van der Waals surface area contributed by atoms with E-state index in [9.17, 15) is 20.0 Å². The van der Waals surface area contributed by atoms with Crippen molar-refractivity contribution >= 4 is 18.4 Å². The molecule has 0 bridgehead atoms. The largest absolute Gasteiger partial charge is 0.507 e. The van der Waals surface area contributed by atoms with Crippen LogP contribution in [0.1, 0.15) is 15.9 Å². The normalized spacial score (nSPS) is 9.57. The van der Waals surface area contributed by atoms with Crippen LogP contribution >= 0.6 is 12.4 Å². The minimum atomic E-state index is -0.865. The summed E-state index contributed by atoms with van der Waals surface area (Å²) in [4.78, 5) is 30.0. The molecule has 8 nitrogen and oxygen atoms in total.